The average molecular weight is 464 g/mol. The Kier molecular flexibility index (Phi) is 8.94. The van der Waals surface area contributed by atoms with Crippen LogP contribution in [0.3, 0.4) is 0 Å². The lowest BCUT2D eigenvalue weighted by atomic mass is 10.2. The second-order valence-electron chi connectivity index (χ2n) is 7.24. The highest BCUT2D eigenvalue weighted by Crippen LogP contribution is 2.35. The number of benzene rings is 2. The molecule has 0 heterocycles. The Morgan fingerprint density at radius 1 is 1.00 bits per heavy atom. The van der Waals surface area contributed by atoms with Gasteiger partial charge in [-0.15, -0.1) is 10.2 Å². The summed E-state index contributed by atoms with van der Waals surface area (Å²) in [6.07, 6.45) is 2.32. The maximum absolute atomic E-state index is 12.4. The predicted octanol–water partition coefficient (Wildman–Crippen LogP) is 5.49. The smallest absolute Gasteiger partial charge is 0.271 e. The molecule has 174 valence electrons. The Bertz CT molecular complexity index is 1070. The SMILES string of the molecule is CCCN(CCC)c1ccc(N=Nc2cc([N+](=O)[O-])ccc2O)c(NS(=O)(=O)CCC)c1. The van der Waals surface area contributed by atoms with Crippen molar-refractivity contribution < 1.29 is 18.4 Å². The molecule has 0 unspecified atom stereocenters. The largest absolute Gasteiger partial charge is 0.506 e. The number of aromatic hydroxyl groups is 1. The molecule has 0 atom stereocenters. The number of non-ortho nitro benzene ring substituents is 1. The fourth-order valence-electron chi connectivity index (χ4n) is 3.10. The number of azo groups is 1. The molecule has 0 aromatic heterocycles. The van der Waals surface area contributed by atoms with E-state index >= 15 is 0 Å². The van der Waals surface area contributed by atoms with E-state index < -0.39 is 14.9 Å². The summed E-state index contributed by atoms with van der Waals surface area (Å²) >= 11 is 0. The quantitative estimate of drug-likeness (QED) is 0.242. The minimum Gasteiger partial charge on any atom is -0.506 e. The molecule has 0 saturated carbocycles. The standard InChI is InChI=1S/C21H29N5O5S/c1-4-11-25(12-5-2)16-7-9-18(19(14-16)24-32(30,31)13-6-3)22-23-20-15-17(26(28)29)8-10-21(20)27/h7-10,14-15,24,27H,4-6,11-13H2,1-3H3. The highest BCUT2D eigenvalue weighted by Gasteiger charge is 2.16. The molecular weight excluding hydrogens is 434 g/mol. The Hall–Kier alpha value is -3.21. The number of nitrogens with one attached hydrogen (secondary N) is 1. The topological polar surface area (TPSA) is 138 Å². The van der Waals surface area contributed by atoms with Gasteiger partial charge < -0.3 is 10.0 Å². The van der Waals surface area contributed by atoms with Crippen LogP contribution in [0.1, 0.15) is 40.0 Å². The summed E-state index contributed by atoms with van der Waals surface area (Å²) in [5.41, 5.74) is 0.990. The number of rotatable bonds is 12. The molecular formula is C21H29N5O5S. The van der Waals surface area contributed by atoms with Crippen LogP contribution in [0, 0.1) is 10.1 Å². The van der Waals surface area contributed by atoms with Gasteiger partial charge in [0.25, 0.3) is 5.69 Å². The fraction of sp³-hybridized carbons (Fsp3) is 0.429. The van der Waals surface area contributed by atoms with E-state index in [4.69, 9.17) is 0 Å². The molecule has 0 spiro atoms. The molecule has 2 aromatic carbocycles. The van der Waals surface area contributed by atoms with E-state index in [1.165, 1.54) is 0 Å². The van der Waals surface area contributed by atoms with Gasteiger partial charge in [-0.3, -0.25) is 14.8 Å². The summed E-state index contributed by atoms with van der Waals surface area (Å²) in [5, 5.41) is 28.9. The van der Waals surface area contributed by atoms with Crippen LogP contribution in [0.25, 0.3) is 0 Å². The normalized spacial score (nSPS) is 11.6. The first-order valence-corrected chi connectivity index (χ1v) is 12.1. The van der Waals surface area contributed by atoms with Gasteiger partial charge in [0, 0.05) is 30.9 Å². The molecule has 10 nitrogen and oxygen atoms in total. The molecule has 0 amide bonds. The van der Waals surface area contributed by atoms with E-state index in [1.807, 2.05) is 6.07 Å². The van der Waals surface area contributed by atoms with E-state index in [9.17, 15) is 23.6 Å². The second-order valence-corrected chi connectivity index (χ2v) is 9.08. The van der Waals surface area contributed by atoms with Crippen LogP contribution < -0.4 is 9.62 Å². The van der Waals surface area contributed by atoms with Crippen molar-refractivity contribution in [2.75, 3.05) is 28.5 Å². The van der Waals surface area contributed by atoms with Gasteiger partial charge in [-0.1, -0.05) is 20.8 Å². The number of nitro groups is 1. The van der Waals surface area contributed by atoms with E-state index in [2.05, 4.69) is 33.7 Å². The summed E-state index contributed by atoms with van der Waals surface area (Å²) < 4.78 is 27.4. The van der Waals surface area contributed by atoms with Crippen LogP contribution in [0.2, 0.25) is 0 Å². The van der Waals surface area contributed by atoms with Gasteiger partial charge in [-0.25, -0.2) is 8.42 Å². The number of hydrogen-bond donors (Lipinski definition) is 2. The van der Waals surface area contributed by atoms with E-state index in [1.54, 1.807) is 19.1 Å². The van der Waals surface area contributed by atoms with Gasteiger partial charge in [0.1, 0.15) is 17.1 Å². The number of nitrogens with zero attached hydrogens (tertiary/aromatic N) is 4. The van der Waals surface area contributed by atoms with Crippen LogP contribution in [0.4, 0.5) is 28.4 Å². The van der Waals surface area contributed by atoms with Gasteiger partial charge in [0.15, 0.2) is 0 Å². The van der Waals surface area contributed by atoms with E-state index in [-0.39, 0.29) is 34.3 Å². The number of hydrogen-bond acceptors (Lipinski definition) is 8. The summed E-state index contributed by atoms with van der Waals surface area (Å²) in [7, 11) is -3.59. The van der Waals surface area contributed by atoms with Crippen molar-refractivity contribution in [3.63, 3.8) is 0 Å². The van der Waals surface area contributed by atoms with Crippen LogP contribution >= 0.6 is 0 Å². The number of phenols is 1. The Balaban J connectivity index is 2.50. The van der Waals surface area contributed by atoms with Crippen molar-refractivity contribution in [2.45, 2.75) is 40.0 Å². The molecule has 0 aliphatic rings. The molecule has 0 aliphatic heterocycles. The van der Waals surface area contributed by atoms with Crippen molar-refractivity contribution >= 4 is 38.5 Å². The number of anilines is 2. The van der Waals surface area contributed by atoms with Crippen LogP contribution in [0.15, 0.2) is 46.6 Å². The van der Waals surface area contributed by atoms with Crippen molar-refractivity contribution in [3.8, 4) is 5.75 Å². The summed E-state index contributed by atoms with van der Waals surface area (Å²) in [4.78, 5) is 12.5. The van der Waals surface area contributed by atoms with Crippen LogP contribution in [-0.4, -0.2) is 37.3 Å². The van der Waals surface area contributed by atoms with Crippen molar-refractivity contribution in [1.82, 2.24) is 0 Å². The van der Waals surface area contributed by atoms with Crippen LogP contribution in [-0.2, 0) is 10.0 Å². The van der Waals surface area contributed by atoms with Gasteiger partial charge in [-0.2, -0.15) is 0 Å². The Morgan fingerprint density at radius 2 is 1.66 bits per heavy atom. The van der Waals surface area contributed by atoms with Crippen molar-refractivity contribution in [2.24, 2.45) is 10.2 Å². The van der Waals surface area contributed by atoms with Crippen molar-refractivity contribution in [1.29, 1.82) is 0 Å². The lowest BCUT2D eigenvalue weighted by Gasteiger charge is -2.24. The van der Waals surface area contributed by atoms with Gasteiger partial charge in [0.2, 0.25) is 10.0 Å². The number of nitro benzene ring substituents is 1. The Labute approximate surface area is 188 Å². The highest BCUT2D eigenvalue weighted by molar-refractivity contribution is 7.92. The third-order valence-electron chi connectivity index (χ3n) is 4.51. The maximum Gasteiger partial charge on any atom is 0.271 e. The molecule has 32 heavy (non-hydrogen) atoms. The zero-order valence-corrected chi connectivity index (χ0v) is 19.3. The first-order chi connectivity index (χ1) is 15.2. The second kappa shape index (κ2) is 11.4. The fourth-order valence-corrected chi connectivity index (χ4v) is 4.24. The van der Waals surface area contributed by atoms with E-state index in [0.717, 1.165) is 49.8 Å². The lowest BCUT2D eigenvalue weighted by molar-refractivity contribution is -0.384. The molecule has 0 bridgehead atoms. The Morgan fingerprint density at radius 3 is 2.25 bits per heavy atom. The number of sulfonamides is 1. The first-order valence-electron chi connectivity index (χ1n) is 10.5. The molecule has 2 aromatic rings. The van der Waals surface area contributed by atoms with Gasteiger partial charge in [0.05, 0.1) is 16.4 Å². The lowest BCUT2D eigenvalue weighted by Crippen LogP contribution is -2.25. The van der Waals surface area contributed by atoms with E-state index in [0.29, 0.717) is 6.42 Å². The maximum atomic E-state index is 12.4. The molecule has 0 radical (unpaired) electrons. The molecule has 0 aliphatic carbocycles. The molecule has 0 fully saturated rings. The third kappa shape index (κ3) is 6.91. The minimum absolute atomic E-state index is 0.0485. The zero-order valence-electron chi connectivity index (χ0n) is 18.5. The molecule has 0 saturated heterocycles. The van der Waals surface area contributed by atoms with Gasteiger partial charge in [-0.05, 0) is 43.5 Å². The molecule has 11 heteroatoms. The summed E-state index contributed by atoms with van der Waals surface area (Å²) in [6, 6.07) is 8.58. The number of phenolic OH excluding ortho intramolecular Hbond substituents is 1. The zero-order chi connectivity index (χ0) is 23.7. The third-order valence-corrected chi connectivity index (χ3v) is 5.98. The molecule has 2 N–H and O–H groups in total. The average Bonchev–Trinajstić information content (AvgIpc) is 2.73. The van der Waals surface area contributed by atoms with Crippen molar-refractivity contribution in [3.05, 3.63) is 46.5 Å². The monoisotopic (exact) mass is 463 g/mol. The first kappa shape index (κ1) is 25.1. The highest BCUT2D eigenvalue weighted by atomic mass is 32.2. The summed E-state index contributed by atoms with van der Waals surface area (Å²) in [5.74, 6) is -0.325. The predicted molar refractivity (Wildman–Crippen MR) is 126 cm³/mol. The minimum atomic E-state index is -3.59. The molecule has 2 rings (SSSR count). The van der Waals surface area contributed by atoms with Crippen LogP contribution in [0.5, 0.6) is 5.75 Å². The summed E-state index contributed by atoms with van der Waals surface area (Å²) in [6.45, 7) is 7.55. The van der Waals surface area contributed by atoms with Gasteiger partial charge >= 0.3 is 0 Å².